The third-order valence-corrected chi connectivity index (χ3v) is 3.20. The van der Waals surface area contributed by atoms with Gasteiger partial charge in [0.25, 0.3) is 0 Å². The molecule has 0 saturated heterocycles. The molecule has 2 rings (SSSR count). The number of benzene rings is 1. The summed E-state index contributed by atoms with van der Waals surface area (Å²) in [6.07, 6.45) is 1.65. The van der Waals surface area contributed by atoms with E-state index in [2.05, 4.69) is 20.9 Å². The molecule has 0 spiro atoms. The molecule has 0 aliphatic carbocycles. The van der Waals surface area contributed by atoms with Gasteiger partial charge in [-0.3, -0.25) is 4.98 Å². The summed E-state index contributed by atoms with van der Waals surface area (Å²) in [4.78, 5) is 4.23. The summed E-state index contributed by atoms with van der Waals surface area (Å²) in [5, 5.41) is 0.652. The van der Waals surface area contributed by atoms with Crippen LogP contribution in [0.2, 0.25) is 5.02 Å². The Hall–Kier alpha value is -1.10. The van der Waals surface area contributed by atoms with E-state index in [0.717, 1.165) is 10.2 Å². The number of hydrogen-bond acceptors (Lipinski definition) is 3. The van der Waals surface area contributed by atoms with E-state index in [1.54, 1.807) is 24.4 Å². The molecule has 0 aliphatic heterocycles. The Morgan fingerprint density at radius 2 is 2.11 bits per heavy atom. The van der Waals surface area contributed by atoms with Gasteiger partial charge in [0.2, 0.25) is 0 Å². The molecule has 1 aromatic carbocycles. The van der Waals surface area contributed by atoms with Crippen molar-refractivity contribution in [2.24, 2.45) is 5.73 Å². The second-order valence-corrected chi connectivity index (χ2v) is 5.18. The van der Waals surface area contributed by atoms with Crippen LogP contribution in [0.4, 0.5) is 0 Å². The number of halogens is 2. The Morgan fingerprint density at radius 1 is 1.33 bits per heavy atom. The van der Waals surface area contributed by atoms with Crippen molar-refractivity contribution in [3.05, 3.63) is 51.7 Å². The average Bonchev–Trinajstić information content (AvgIpc) is 2.33. The topological polar surface area (TPSA) is 48.1 Å². The summed E-state index contributed by atoms with van der Waals surface area (Å²) in [6, 6.07) is 8.95. The lowest BCUT2D eigenvalue weighted by Gasteiger charge is -2.09. The van der Waals surface area contributed by atoms with Crippen LogP contribution in [0.25, 0.3) is 0 Å². The fourth-order valence-electron chi connectivity index (χ4n) is 1.41. The standard InChI is InChI=1S/C13H12BrClN2O/c1-8(16)12-4-3-10(7-17-12)18-13-5-2-9(15)6-11(13)14/h2-8H,16H2,1H3. The maximum atomic E-state index is 5.86. The number of rotatable bonds is 3. The van der Waals surface area contributed by atoms with Crippen molar-refractivity contribution < 1.29 is 4.74 Å². The van der Waals surface area contributed by atoms with Crippen LogP contribution in [-0.4, -0.2) is 4.98 Å². The average molecular weight is 328 g/mol. The minimum atomic E-state index is -0.0821. The molecule has 94 valence electrons. The quantitative estimate of drug-likeness (QED) is 0.914. The predicted octanol–water partition coefficient (Wildman–Crippen LogP) is 4.31. The summed E-state index contributed by atoms with van der Waals surface area (Å²) >= 11 is 9.26. The SMILES string of the molecule is CC(N)c1ccc(Oc2ccc(Cl)cc2Br)cn1. The monoisotopic (exact) mass is 326 g/mol. The molecule has 5 heteroatoms. The number of pyridine rings is 1. The molecule has 0 radical (unpaired) electrons. The second kappa shape index (κ2) is 5.69. The number of nitrogens with two attached hydrogens (primary N) is 1. The van der Waals surface area contributed by atoms with Gasteiger partial charge in [-0.2, -0.15) is 0 Å². The fourth-order valence-corrected chi connectivity index (χ4v) is 2.17. The molecule has 0 amide bonds. The fraction of sp³-hybridized carbons (Fsp3) is 0.154. The first kappa shape index (κ1) is 13.3. The zero-order valence-electron chi connectivity index (χ0n) is 9.73. The van der Waals surface area contributed by atoms with Gasteiger partial charge in [-0.15, -0.1) is 0 Å². The molecule has 3 nitrogen and oxygen atoms in total. The smallest absolute Gasteiger partial charge is 0.145 e. The van der Waals surface area contributed by atoms with Crippen LogP contribution < -0.4 is 10.5 Å². The van der Waals surface area contributed by atoms with Crippen LogP contribution in [0.1, 0.15) is 18.7 Å². The highest BCUT2D eigenvalue weighted by Gasteiger charge is 2.05. The van der Waals surface area contributed by atoms with Gasteiger partial charge in [-0.25, -0.2) is 0 Å². The zero-order valence-corrected chi connectivity index (χ0v) is 12.1. The number of nitrogens with zero attached hydrogens (tertiary/aromatic N) is 1. The first-order valence-electron chi connectivity index (χ1n) is 5.40. The molecule has 1 unspecified atom stereocenters. The highest BCUT2D eigenvalue weighted by molar-refractivity contribution is 9.10. The predicted molar refractivity (Wildman–Crippen MR) is 76.1 cm³/mol. The molecule has 1 heterocycles. The summed E-state index contributed by atoms with van der Waals surface area (Å²) < 4.78 is 6.49. The Morgan fingerprint density at radius 3 is 2.67 bits per heavy atom. The van der Waals surface area contributed by atoms with Gasteiger partial charge in [-0.1, -0.05) is 11.6 Å². The van der Waals surface area contributed by atoms with Crippen molar-refractivity contribution in [2.45, 2.75) is 13.0 Å². The lowest BCUT2D eigenvalue weighted by molar-refractivity contribution is 0.476. The van der Waals surface area contributed by atoms with Crippen molar-refractivity contribution in [3.63, 3.8) is 0 Å². The lowest BCUT2D eigenvalue weighted by Crippen LogP contribution is -2.06. The molecule has 0 fully saturated rings. The molecule has 1 aromatic heterocycles. The van der Waals surface area contributed by atoms with Gasteiger partial charge in [0.15, 0.2) is 0 Å². The lowest BCUT2D eigenvalue weighted by atomic mass is 10.2. The molecular weight excluding hydrogens is 316 g/mol. The summed E-state index contributed by atoms with van der Waals surface area (Å²) in [7, 11) is 0. The van der Waals surface area contributed by atoms with E-state index in [-0.39, 0.29) is 6.04 Å². The number of hydrogen-bond donors (Lipinski definition) is 1. The van der Waals surface area contributed by atoms with Crippen LogP contribution >= 0.6 is 27.5 Å². The highest BCUT2D eigenvalue weighted by Crippen LogP contribution is 2.31. The molecule has 18 heavy (non-hydrogen) atoms. The zero-order chi connectivity index (χ0) is 13.1. The number of aromatic nitrogens is 1. The molecule has 0 bridgehead atoms. The van der Waals surface area contributed by atoms with E-state index >= 15 is 0 Å². The van der Waals surface area contributed by atoms with Gasteiger partial charge < -0.3 is 10.5 Å². The maximum absolute atomic E-state index is 5.86. The molecule has 1 atom stereocenters. The molecule has 0 aliphatic rings. The molecule has 2 N–H and O–H groups in total. The minimum Gasteiger partial charge on any atom is -0.455 e. The van der Waals surface area contributed by atoms with Crippen molar-refractivity contribution in [1.29, 1.82) is 0 Å². The largest absolute Gasteiger partial charge is 0.455 e. The molecule has 0 saturated carbocycles. The minimum absolute atomic E-state index is 0.0821. The molecule has 2 aromatic rings. The van der Waals surface area contributed by atoms with Gasteiger partial charge in [0, 0.05) is 11.1 Å². The Labute approximate surface area is 119 Å². The van der Waals surface area contributed by atoms with Crippen molar-refractivity contribution in [1.82, 2.24) is 4.98 Å². The van der Waals surface area contributed by atoms with E-state index in [4.69, 9.17) is 22.1 Å². The Kier molecular flexibility index (Phi) is 4.22. The maximum Gasteiger partial charge on any atom is 0.145 e. The van der Waals surface area contributed by atoms with Gasteiger partial charge in [-0.05, 0) is 53.2 Å². The first-order chi connectivity index (χ1) is 8.56. The van der Waals surface area contributed by atoms with Crippen LogP contribution in [0, 0.1) is 0 Å². The summed E-state index contributed by atoms with van der Waals surface area (Å²) in [5.41, 5.74) is 6.56. The first-order valence-corrected chi connectivity index (χ1v) is 6.58. The normalized spacial score (nSPS) is 12.2. The van der Waals surface area contributed by atoms with Crippen LogP contribution in [0.15, 0.2) is 41.0 Å². The third-order valence-electron chi connectivity index (χ3n) is 2.35. The van der Waals surface area contributed by atoms with Gasteiger partial charge in [0.1, 0.15) is 11.5 Å². The van der Waals surface area contributed by atoms with Crippen LogP contribution in [0.3, 0.4) is 0 Å². The van der Waals surface area contributed by atoms with E-state index in [9.17, 15) is 0 Å². The third kappa shape index (κ3) is 3.22. The van der Waals surface area contributed by atoms with Crippen molar-refractivity contribution in [3.8, 4) is 11.5 Å². The van der Waals surface area contributed by atoms with E-state index in [1.807, 2.05) is 19.1 Å². The van der Waals surface area contributed by atoms with E-state index < -0.39 is 0 Å². The highest BCUT2D eigenvalue weighted by atomic mass is 79.9. The van der Waals surface area contributed by atoms with Gasteiger partial charge >= 0.3 is 0 Å². The van der Waals surface area contributed by atoms with E-state index in [1.165, 1.54) is 0 Å². The Balaban J connectivity index is 2.18. The van der Waals surface area contributed by atoms with Crippen molar-refractivity contribution in [2.75, 3.05) is 0 Å². The Bertz CT molecular complexity index is 543. The summed E-state index contributed by atoms with van der Waals surface area (Å²) in [5.74, 6) is 1.34. The number of ether oxygens (including phenoxy) is 1. The molecular formula is C13H12BrClN2O. The van der Waals surface area contributed by atoms with E-state index in [0.29, 0.717) is 16.5 Å². The van der Waals surface area contributed by atoms with Gasteiger partial charge in [0.05, 0.1) is 16.4 Å². The summed E-state index contributed by atoms with van der Waals surface area (Å²) in [6.45, 7) is 1.89. The van der Waals surface area contributed by atoms with Crippen LogP contribution in [0.5, 0.6) is 11.5 Å². The second-order valence-electron chi connectivity index (χ2n) is 3.88. The van der Waals surface area contributed by atoms with Crippen molar-refractivity contribution >= 4 is 27.5 Å². The van der Waals surface area contributed by atoms with Crippen LogP contribution in [-0.2, 0) is 0 Å².